The Labute approximate surface area is 154 Å². The van der Waals surface area contributed by atoms with Gasteiger partial charge in [-0.3, -0.25) is 5.32 Å². The SMILES string of the molecule is CC(C)(C)c1cnc(CCNC(=O)Nc2cn3cc(Br)ccc3n2)o1. The van der Waals surface area contributed by atoms with Crippen molar-refractivity contribution in [2.45, 2.75) is 32.6 Å². The van der Waals surface area contributed by atoms with Crippen molar-refractivity contribution in [3.8, 4) is 0 Å². The van der Waals surface area contributed by atoms with Gasteiger partial charge in [0.05, 0.1) is 12.4 Å². The number of rotatable bonds is 4. The summed E-state index contributed by atoms with van der Waals surface area (Å²) in [6.07, 6.45) is 5.90. The van der Waals surface area contributed by atoms with E-state index in [1.807, 2.05) is 22.7 Å². The molecule has 0 saturated carbocycles. The third kappa shape index (κ3) is 4.39. The quantitative estimate of drug-likeness (QED) is 0.691. The summed E-state index contributed by atoms with van der Waals surface area (Å²) in [5.74, 6) is 1.94. The Morgan fingerprint density at radius 2 is 2.12 bits per heavy atom. The highest BCUT2D eigenvalue weighted by Crippen LogP contribution is 2.22. The van der Waals surface area contributed by atoms with Crippen molar-refractivity contribution in [2.24, 2.45) is 0 Å². The van der Waals surface area contributed by atoms with Crippen molar-refractivity contribution in [3.05, 3.63) is 46.8 Å². The first-order valence-electron chi connectivity index (χ1n) is 7.95. The van der Waals surface area contributed by atoms with Gasteiger partial charge in [-0.2, -0.15) is 0 Å². The van der Waals surface area contributed by atoms with Crippen LogP contribution in [-0.2, 0) is 11.8 Å². The van der Waals surface area contributed by atoms with E-state index in [0.717, 1.165) is 15.9 Å². The van der Waals surface area contributed by atoms with Crippen molar-refractivity contribution in [1.82, 2.24) is 19.7 Å². The van der Waals surface area contributed by atoms with Crippen molar-refractivity contribution in [3.63, 3.8) is 0 Å². The molecule has 0 aliphatic rings. The Morgan fingerprint density at radius 1 is 1.32 bits per heavy atom. The second kappa shape index (κ2) is 6.87. The maximum Gasteiger partial charge on any atom is 0.320 e. The van der Waals surface area contributed by atoms with E-state index in [-0.39, 0.29) is 11.4 Å². The van der Waals surface area contributed by atoms with E-state index >= 15 is 0 Å². The normalized spacial score (nSPS) is 11.7. The van der Waals surface area contributed by atoms with E-state index < -0.39 is 0 Å². The molecule has 0 spiro atoms. The summed E-state index contributed by atoms with van der Waals surface area (Å²) in [4.78, 5) is 20.6. The number of pyridine rings is 1. The highest BCUT2D eigenvalue weighted by atomic mass is 79.9. The van der Waals surface area contributed by atoms with Gasteiger partial charge in [-0.15, -0.1) is 0 Å². The molecular formula is C17H20BrN5O2. The lowest BCUT2D eigenvalue weighted by Crippen LogP contribution is -2.30. The summed E-state index contributed by atoms with van der Waals surface area (Å²) in [6, 6.07) is 3.45. The van der Waals surface area contributed by atoms with E-state index in [4.69, 9.17) is 4.42 Å². The molecule has 132 valence electrons. The first-order chi connectivity index (χ1) is 11.8. The molecule has 0 bridgehead atoms. The molecule has 0 radical (unpaired) electrons. The van der Waals surface area contributed by atoms with E-state index in [9.17, 15) is 4.79 Å². The minimum Gasteiger partial charge on any atom is -0.445 e. The van der Waals surface area contributed by atoms with Crippen LogP contribution in [0.1, 0.15) is 32.4 Å². The van der Waals surface area contributed by atoms with Crippen LogP contribution in [0.3, 0.4) is 0 Å². The molecule has 3 rings (SSSR count). The minimum atomic E-state index is -0.315. The van der Waals surface area contributed by atoms with Gasteiger partial charge < -0.3 is 14.1 Å². The lowest BCUT2D eigenvalue weighted by atomic mass is 9.94. The maximum atomic E-state index is 12.0. The van der Waals surface area contributed by atoms with Gasteiger partial charge in [-0.1, -0.05) is 20.8 Å². The Bertz CT molecular complexity index is 894. The van der Waals surface area contributed by atoms with Gasteiger partial charge in [0.2, 0.25) is 0 Å². The zero-order chi connectivity index (χ0) is 18.0. The Hall–Kier alpha value is -2.35. The van der Waals surface area contributed by atoms with Crippen LogP contribution in [0.2, 0.25) is 0 Å². The summed E-state index contributed by atoms with van der Waals surface area (Å²) in [7, 11) is 0. The molecule has 0 aromatic carbocycles. The van der Waals surface area contributed by atoms with Gasteiger partial charge in [0.15, 0.2) is 11.7 Å². The average Bonchev–Trinajstić information content (AvgIpc) is 3.12. The number of hydrogen-bond donors (Lipinski definition) is 2. The fraction of sp³-hybridized carbons (Fsp3) is 0.353. The number of anilines is 1. The van der Waals surface area contributed by atoms with Gasteiger partial charge in [0.25, 0.3) is 0 Å². The zero-order valence-electron chi connectivity index (χ0n) is 14.3. The average molecular weight is 406 g/mol. The summed E-state index contributed by atoms with van der Waals surface area (Å²) in [6.45, 7) is 6.62. The van der Waals surface area contributed by atoms with Crippen molar-refractivity contribution in [1.29, 1.82) is 0 Å². The summed E-state index contributed by atoms with van der Waals surface area (Å²) in [5.41, 5.74) is 0.682. The minimum absolute atomic E-state index is 0.0752. The summed E-state index contributed by atoms with van der Waals surface area (Å²) >= 11 is 3.40. The standard InChI is InChI=1S/C17H20BrN5O2/c1-17(2,3)12-8-20-15(25-12)6-7-19-16(24)22-13-10-23-9-11(18)4-5-14(23)21-13/h4-5,8-10H,6-7H2,1-3H3,(H2,19,22,24). The molecule has 25 heavy (non-hydrogen) atoms. The predicted molar refractivity (Wildman–Crippen MR) is 98.8 cm³/mol. The molecule has 8 heteroatoms. The number of nitrogens with one attached hydrogen (secondary N) is 2. The second-order valence-corrected chi connectivity index (χ2v) is 7.65. The number of fused-ring (bicyclic) bond motifs is 1. The van der Waals surface area contributed by atoms with Gasteiger partial charge in [0.1, 0.15) is 11.4 Å². The lowest BCUT2D eigenvalue weighted by molar-refractivity contribution is 0.252. The molecular weight excluding hydrogens is 386 g/mol. The molecule has 0 aliphatic carbocycles. The Morgan fingerprint density at radius 3 is 2.84 bits per heavy atom. The third-order valence-corrected chi connectivity index (χ3v) is 4.04. The first-order valence-corrected chi connectivity index (χ1v) is 8.75. The fourth-order valence-corrected chi connectivity index (χ4v) is 2.59. The highest BCUT2D eigenvalue weighted by Gasteiger charge is 2.19. The van der Waals surface area contributed by atoms with Gasteiger partial charge in [-0.05, 0) is 28.1 Å². The number of urea groups is 1. The monoisotopic (exact) mass is 405 g/mol. The summed E-state index contributed by atoms with van der Waals surface area (Å²) in [5, 5.41) is 5.49. The fourth-order valence-electron chi connectivity index (χ4n) is 2.24. The van der Waals surface area contributed by atoms with Gasteiger partial charge >= 0.3 is 6.03 Å². The number of carbonyl (C=O) groups is 1. The van der Waals surface area contributed by atoms with Crippen LogP contribution in [0.25, 0.3) is 5.65 Å². The Balaban J connectivity index is 1.51. The van der Waals surface area contributed by atoms with Crippen LogP contribution >= 0.6 is 15.9 Å². The molecule has 0 fully saturated rings. The van der Waals surface area contributed by atoms with Crippen LogP contribution in [0.4, 0.5) is 10.6 Å². The van der Waals surface area contributed by atoms with Crippen LogP contribution in [0.15, 0.2) is 39.6 Å². The van der Waals surface area contributed by atoms with Crippen molar-refractivity contribution >= 4 is 33.4 Å². The summed E-state index contributed by atoms with van der Waals surface area (Å²) < 4.78 is 8.47. The van der Waals surface area contributed by atoms with Crippen LogP contribution in [0.5, 0.6) is 0 Å². The smallest absolute Gasteiger partial charge is 0.320 e. The largest absolute Gasteiger partial charge is 0.445 e. The van der Waals surface area contributed by atoms with Crippen LogP contribution < -0.4 is 10.6 Å². The molecule has 0 unspecified atom stereocenters. The number of aromatic nitrogens is 3. The molecule has 2 N–H and O–H groups in total. The molecule has 3 heterocycles. The molecule has 0 saturated heterocycles. The van der Waals surface area contributed by atoms with Gasteiger partial charge in [0, 0.05) is 29.1 Å². The molecule has 2 amide bonds. The zero-order valence-corrected chi connectivity index (χ0v) is 15.9. The molecule has 3 aromatic rings. The molecule has 0 atom stereocenters. The molecule has 3 aromatic heterocycles. The number of hydrogen-bond acceptors (Lipinski definition) is 4. The number of imidazole rings is 1. The Kier molecular flexibility index (Phi) is 4.80. The number of oxazole rings is 1. The van der Waals surface area contributed by atoms with E-state index in [1.165, 1.54) is 0 Å². The number of amides is 2. The second-order valence-electron chi connectivity index (χ2n) is 6.74. The van der Waals surface area contributed by atoms with Crippen molar-refractivity contribution in [2.75, 3.05) is 11.9 Å². The van der Waals surface area contributed by atoms with Crippen molar-refractivity contribution < 1.29 is 9.21 Å². The molecule has 0 aliphatic heterocycles. The highest BCUT2D eigenvalue weighted by molar-refractivity contribution is 9.10. The van der Waals surface area contributed by atoms with E-state index in [2.05, 4.69) is 57.3 Å². The lowest BCUT2D eigenvalue weighted by Gasteiger charge is -2.13. The topological polar surface area (TPSA) is 84.5 Å². The van der Waals surface area contributed by atoms with E-state index in [1.54, 1.807) is 12.4 Å². The van der Waals surface area contributed by atoms with Crippen LogP contribution in [0, 0.1) is 0 Å². The van der Waals surface area contributed by atoms with E-state index in [0.29, 0.717) is 24.7 Å². The number of carbonyl (C=O) groups excluding carboxylic acids is 1. The maximum absolute atomic E-state index is 12.0. The predicted octanol–water partition coefficient (Wildman–Crippen LogP) is 3.75. The number of nitrogens with zero attached hydrogens (tertiary/aromatic N) is 3. The third-order valence-electron chi connectivity index (χ3n) is 3.57. The number of halogens is 1. The van der Waals surface area contributed by atoms with Gasteiger partial charge in [-0.25, -0.2) is 14.8 Å². The molecule has 7 nitrogen and oxygen atoms in total. The van der Waals surface area contributed by atoms with Crippen LogP contribution in [-0.4, -0.2) is 26.9 Å². The first kappa shape index (κ1) is 17.5.